The summed E-state index contributed by atoms with van der Waals surface area (Å²) in [6.45, 7) is 2.73. The normalized spacial score (nSPS) is 10.9. The summed E-state index contributed by atoms with van der Waals surface area (Å²) in [7, 11) is 1.92. The zero-order chi connectivity index (χ0) is 10.8. The number of aryl methyl sites for hydroxylation is 1. The molecule has 0 fully saturated rings. The monoisotopic (exact) mass is 206 g/mol. The van der Waals surface area contributed by atoms with Gasteiger partial charge in [0.2, 0.25) is 0 Å². The number of rotatable bonds is 3. The van der Waals surface area contributed by atoms with E-state index in [1.165, 1.54) is 6.33 Å². The molecule has 5 nitrogen and oxygen atoms in total. The number of hydrogen-bond acceptors (Lipinski definition) is 4. The molecule has 0 saturated heterocycles. The van der Waals surface area contributed by atoms with E-state index in [2.05, 4.69) is 10.1 Å². The number of anilines is 1. The Morgan fingerprint density at radius 2 is 2.27 bits per heavy atom. The highest BCUT2D eigenvalue weighted by atomic mass is 16.3. The molecule has 2 aromatic heterocycles. The van der Waals surface area contributed by atoms with Crippen LogP contribution in [0.1, 0.15) is 5.56 Å². The summed E-state index contributed by atoms with van der Waals surface area (Å²) < 4.78 is 1.77. The van der Waals surface area contributed by atoms with E-state index in [0.717, 1.165) is 17.0 Å². The lowest BCUT2D eigenvalue weighted by Crippen LogP contribution is -2.23. The SMILES string of the molecule is Cc1cc(N(C)CCO)n2ncnc2c1. The lowest BCUT2D eigenvalue weighted by atomic mass is 10.3. The van der Waals surface area contributed by atoms with Crippen LogP contribution in [0.15, 0.2) is 18.5 Å². The number of aliphatic hydroxyl groups is 1. The first kappa shape index (κ1) is 9.92. The highest BCUT2D eigenvalue weighted by Gasteiger charge is 2.07. The van der Waals surface area contributed by atoms with Crippen molar-refractivity contribution in [3.8, 4) is 0 Å². The second kappa shape index (κ2) is 3.86. The van der Waals surface area contributed by atoms with Crippen molar-refractivity contribution >= 4 is 11.5 Å². The molecule has 2 heterocycles. The lowest BCUT2D eigenvalue weighted by Gasteiger charge is -2.18. The number of aliphatic hydroxyl groups excluding tert-OH is 1. The fourth-order valence-electron chi connectivity index (χ4n) is 1.57. The molecular weight excluding hydrogens is 192 g/mol. The van der Waals surface area contributed by atoms with E-state index in [-0.39, 0.29) is 6.61 Å². The summed E-state index contributed by atoms with van der Waals surface area (Å²) in [5.74, 6) is 0.941. The molecule has 0 atom stereocenters. The van der Waals surface area contributed by atoms with Crippen LogP contribution in [-0.2, 0) is 0 Å². The van der Waals surface area contributed by atoms with Crippen LogP contribution in [0.2, 0.25) is 0 Å². The molecule has 0 aliphatic carbocycles. The van der Waals surface area contributed by atoms with Gasteiger partial charge >= 0.3 is 0 Å². The molecule has 0 aliphatic heterocycles. The van der Waals surface area contributed by atoms with E-state index in [0.29, 0.717) is 6.54 Å². The van der Waals surface area contributed by atoms with Gasteiger partial charge in [-0.15, -0.1) is 0 Å². The third kappa shape index (κ3) is 1.78. The Bertz CT molecular complexity index is 465. The molecule has 0 spiro atoms. The van der Waals surface area contributed by atoms with Crippen molar-refractivity contribution in [1.82, 2.24) is 14.6 Å². The molecule has 0 unspecified atom stereocenters. The van der Waals surface area contributed by atoms with Gasteiger partial charge in [-0.3, -0.25) is 0 Å². The summed E-state index contributed by atoms with van der Waals surface area (Å²) in [4.78, 5) is 6.10. The Balaban J connectivity index is 2.52. The average molecular weight is 206 g/mol. The maximum atomic E-state index is 8.90. The molecule has 5 heteroatoms. The molecule has 1 N–H and O–H groups in total. The number of fused-ring (bicyclic) bond motifs is 1. The van der Waals surface area contributed by atoms with E-state index in [4.69, 9.17) is 5.11 Å². The van der Waals surface area contributed by atoms with Crippen LogP contribution in [0.5, 0.6) is 0 Å². The van der Waals surface area contributed by atoms with Crippen LogP contribution in [-0.4, -0.2) is 39.9 Å². The summed E-state index contributed by atoms with van der Waals surface area (Å²) >= 11 is 0. The minimum absolute atomic E-state index is 0.126. The smallest absolute Gasteiger partial charge is 0.157 e. The fraction of sp³-hybridized carbons (Fsp3) is 0.400. The van der Waals surface area contributed by atoms with Crippen LogP contribution >= 0.6 is 0 Å². The fourth-order valence-corrected chi connectivity index (χ4v) is 1.57. The van der Waals surface area contributed by atoms with Gasteiger partial charge in [-0.2, -0.15) is 9.61 Å². The van der Waals surface area contributed by atoms with Crippen molar-refractivity contribution in [2.24, 2.45) is 0 Å². The topological polar surface area (TPSA) is 53.7 Å². The minimum atomic E-state index is 0.126. The van der Waals surface area contributed by atoms with Crippen molar-refractivity contribution in [2.45, 2.75) is 6.92 Å². The second-order valence-electron chi connectivity index (χ2n) is 3.57. The summed E-state index contributed by atoms with van der Waals surface area (Å²) in [6.07, 6.45) is 1.53. The van der Waals surface area contributed by atoms with Crippen LogP contribution in [0.4, 0.5) is 5.82 Å². The van der Waals surface area contributed by atoms with Crippen molar-refractivity contribution < 1.29 is 5.11 Å². The van der Waals surface area contributed by atoms with Gasteiger partial charge in [0.1, 0.15) is 12.1 Å². The lowest BCUT2D eigenvalue weighted by molar-refractivity contribution is 0.303. The molecule has 2 aromatic rings. The van der Waals surface area contributed by atoms with Crippen molar-refractivity contribution in [3.63, 3.8) is 0 Å². The second-order valence-corrected chi connectivity index (χ2v) is 3.57. The van der Waals surface area contributed by atoms with E-state index in [9.17, 15) is 0 Å². The number of aromatic nitrogens is 3. The first-order valence-corrected chi connectivity index (χ1v) is 4.85. The largest absolute Gasteiger partial charge is 0.395 e. The third-order valence-electron chi connectivity index (χ3n) is 2.33. The van der Waals surface area contributed by atoms with Gasteiger partial charge in [0.25, 0.3) is 0 Å². The van der Waals surface area contributed by atoms with Crippen molar-refractivity contribution in [1.29, 1.82) is 0 Å². The molecule has 15 heavy (non-hydrogen) atoms. The van der Waals surface area contributed by atoms with Gasteiger partial charge in [-0.1, -0.05) is 0 Å². The molecule has 2 rings (SSSR count). The minimum Gasteiger partial charge on any atom is -0.395 e. The highest BCUT2D eigenvalue weighted by Crippen LogP contribution is 2.16. The van der Waals surface area contributed by atoms with Crippen molar-refractivity contribution in [3.05, 3.63) is 24.0 Å². The zero-order valence-electron chi connectivity index (χ0n) is 8.88. The van der Waals surface area contributed by atoms with Crippen molar-refractivity contribution in [2.75, 3.05) is 25.1 Å². The van der Waals surface area contributed by atoms with Gasteiger partial charge in [-0.25, -0.2) is 4.98 Å². The molecule has 0 radical (unpaired) electrons. The van der Waals surface area contributed by atoms with E-state index in [1.54, 1.807) is 4.52 Å². The molecule has 0 saturated carbocycles. The number of likely N-dealkylation sites (N-methyl/N-ethyl adjacent to an activating group) is 1. The summed E-state index contributed by atoms with van der Waals surface area (Å²) in [6, 6.07) is 4.00. The Hall–Kier alpha value is -1.62. The molecule has 0 amide bonds. The molecular formula is C10H14N4O. The van der Waals surface area contributed by atoms with Gasteiger partial charge in [0.05, 0.1) is 6.61 Å². The Morgan fingerprint density at radius 3 is 3.00 bits per heavy atom. The maximum absolute atomic E-state index is 8.90. The van der Waals surface area contributed by atoms with Gasteiger partial charge in [0, 0.05) is 13.6 Å². The zero-order valence-corrected chi connectivity index (χ0v) is 8.88. The molecule has 80 valence electrons. The van der Waals surface area contributed by atoms with E-state index < -0.39 is 0 Å². The van der Waals surface area contributed by atoms with Gasteiger partial charge in [0.15, 0.2) is 5.65 Å². The van der Waals surface area contributed by atoms with E-state index in [1.807, 2.05) is 31.0 Å². The first-order chi connectivity index (χ1) is 7.22. The predicted octanol–water partition coefficient (Wildman–Crippen LogP) is 0.466. The van der Waals surface area contributed by atoms with Gasteiger partial charge < -0.3 is 10.0 Å². The third-order valence-corrected chi connectivity index (χ3v) is 2.33. The first-order valence-electron chi connectivity index (χ1n) is 4.85. The standard InChI is InChI=1S/C10H14N4O/c1-8-5-9-11-7-12-14(9)10(6-8)13(2)3-4-15/h5-7,15H,3-4H2,1-2H3. The molecule has 0 bridgehead atoms. The van der Waals surface area contributed by atoms with Crippen LogP contribution in [0, 0.1) is 6.92 Å². The Morgan fingerprint density at radius 1 is 1.47 bits per heavy atom. The number of pyridine rings is 1. The quantitative estimate of drug-likeness (QED) is 0.793. The summed E-state index contributed by atoms with van der Waals surface area (Å²) in [5.41, 5.74) is 1.96. The van der Waals surface area contributed by atoms with Gasteiger partial charge in [-0.05, 0) is 24.6 Å². The predicted molar refractivity (Wildman–Crippen MR) is 58.1 cm³/mol. The maximum Gasteiger partial charge on any atom is 0.157 e. The number of hydrogen-bond donors (Lipinski definition) is 1. The van der Waals surface area contributed by atoms with E-state index >= 15 is 0 Å². The Labute approximate surface area is 88.0 Å². The number of nitrogens with zero attached hydrogens (tertiary/aromatic N) is 4. The summed E-state index contributed by atoms with van der Waals surface area (Å²) in [5, 5.41) is 13.0. The highest BCUT2D eigenvalue weighted by molar-refractivity contribution is 5.52. The Kier molecular flexibility index (Phi) is 2.55. The van der Waals surface area contributed by atoms with Crippen LogP contribution in [0.3, 0.4) is 0 Å². The molecule has 0 aliphatic rings. The van der Waals surface area contributed by atoms with Crippen LogP contribution < -0.4 is 4.90 Å². The molecule has 0 aromatic carbocycles. The van der Waals surface area contributed by atoms with Crippen LogP contribution in [0.25, 0.3) is 5.65 Å². The average Bonchev–Trinajstić information content (AvgIpc) is 2.64.